The van der Waals surface area contributed by atoms with Crippen LogP contribution in [0.1, 0.15) is 19.4 Å². The maximum atomic E-state index is 11.9. The first-order valence-corrected chi connectivity index (χ1v) is 6.02. The molecule has 0 aliphatic carbocycles. The van der Waals surface area contributed by atoms with E-state index < -0.39 is 0 Å². The fourth-order valence-corrected chi connectivity index (χ4v) is 2.01. The highest BCUT2D eigenvalue weighted by Crippen LogP contribution is 2.24. The molecule has 0 fully saturated rings. The van der Waals surface area contributed by atoms with E-state index in [1.807, 2.05) is 18.2 Å². The third-order valence-electron chi connectivity index (χ3n) is 3.11. The number of aromatic nitrogens is 1. The lowest BCUT2D eigenvalue weighted by Crippen LogP contribution is -2.23. The van der Waals surface area contributed by atoms with Crippen molar-refractivity contribution in [2.24, 2.45) is 0 Å². The summed E-state index contributed by atoms with van der Waals surface area (Å²) < 4.78 is 0. The Morgan fingerprint density at radius 1 is 1.18 bits per heavy atom. The van der Waals surface area contributed by atoms with Crippen LogP contribution in [-0.2, 0) is 6.54 Å². The van der Waals surface area contributed by atoms with E-state index in [4.69, 9.17) is 0 Å². The standard InChI is InChI=1S/C14H18N2O/c1-3-16(4-2)10-12-13(17)8-7-11-6-5-9-15-14(11)12/h5-9,17H,3-4,10H2,1-2H3/p-1. The molecule has 0 saturated heterocycles. The van der Waals surface area contributed by atoms with Crippen molar-refractivity contribution in [3.8, 4) is 5.75 Å². The first-order valence-electron chi connectivity index (χ1n) is 6.02. The van der Waals surface area contributed by atoms with Gasteiger partial charge in [0.15, 0.2) is 0 Å². The van der Waals surface area contributed by atoms with Crippen LogP contribution in [0.2, 0.25) is 0 Å². The number of hydrogen-bond donors (Lipinski definition) is 0. The molecule has 0 atom stereocenters. The molecule has 0 amide bonds. The van der Waals surface area contributed by atoms with Gasteiger partial charge < -0.3 is 5.11 Å². The van der Waals surface area contributed by atoms with Crippen LogP contribution in [0, 0.1) is 0 Å². The second-order valence-electron chi connectivity index (χ2n) is 4.08. The fourth-order valence-electron chi connectivity index (χ4n) is 2.01. The third-order valence-corrected chi connectivity index (χ3v) is 3.11. The zero-order valence-electron chi connectivity index (χ0n) is 10.3. The van der Waals surface area contributed by atoms with E-state index in [0.29, 0.717) is 6.54 Å². The molecule has 0 unspecified atom stereocenters. The molecule has 3 nitrogen and oxygen atoms in total. The normalized spacial score (nSPS) is 11.2. The molecule has 0 saturated carbocycles. The number of benzene rings is 1. The summed E-state index contributed by atoms with van der Waals surface area (Å²) in [6, 6.07) is 7.38. The van der Waals surface area contributed by atoms with E-state index in [1.54, 1.807) is 12.3 Å². The molecule has 0 N–H and O–H groups in total. The van der Waals surface area contributed by atoms with Gasteiger partial charge in [-0.25, -0.2) is 0 Å². The highest BCUT2D eigenvalue weighted by atomic mass is 16.3. The average Bonchev–Trinajstić information content (AvgIpc) is 2.38. The molecule has 0 bridgehead atoms. The number of rotatable bonds is 4. The summed E-state index contributed by atoms with van der Waals surface area (Å²) in [6.07, 6.45) is 1.74. The second-order valence-corrected chi connectivity index (χ2v) is 4.08. The first-order chi connectivity index (χ1) is 8.26. The zero-order valence-corrected chi connectivity index (χ0v) is 10.3. The number of nitrogens with zero attached hydrogens (tertiary/aromatic N) is 2. The summed E-state index contributed by atoms with van der Waals surface area (Å²) in [5.41, 5.74) is 1.65. The lowest BCUT2D eigenvalue weighted by Gasteiger charge is -2.23. The van der Waals surface area contributed by atoms with Gasteiger partial charge in [0.1, 0.15) is 0 Å². The van der Waals surface area contributed by atoms with E-state index in [1.165, 1.54) is 0 Å². The lowest BCUT2D eigenvalue weighted by molar-refractivity contribution is -0.269. The molecule has 90 valence electrons. The Bertz CT molecular complexity index is 507. The Morgan fingerprint density at radius 2 is 1.94 bits per heavy atom. The molecule has 0 aliphatic rings. The third kappa shape index (κ3) is 2.39. The summed E-state index contributed by atoms with van der Waals surface area (Å²) in [5, 5.41) is 13.0. The van der Waals surface area contributed by atoms with E-state index in [2.05, 4.69) is 23.7 Å². The van der Waals surface area contributed by atoms with Crippen molar-refractivity contribution >= 4 is 10.9 Å². The largest absolute Gasteiger partial charge is 0.872 e. The average molecular weight is 229 g/mol. The van der Waals surface area contributed by atoms with Gasteiger partial charge in [-0.15, -0.1) is 5.75 Å². The molecule has 1 heterocycles. The molecule has 0 spiro atoms. The molecule has 3 heteroatoms. The minimum absolute atomic E-state index is 0.0862. The van der Waals surface area contributed by atoms with Gasteiger partial charge in [0.05, 0.1) is 5.52 Å². The quantitative estimate of drug-likeness (QED) is 0.806. The van der Waals surface area contributed by atoms with Gasteiger partial charge >= 0.3 is 0 Å². The van der Waals surface area contributed by atoms with E-state index in [9.17, 15) is 5.11 Å². The highest BCUT2D eigenvalue weighted by molar-refractivity contribution is 5.83. The molecule has 1 aromatic heterocycles. The summed E-state index contributed by atoms with van der Waals surface area (Å²) in [6.45, 7) is 6.78. The zero-order chi connectivity index (χ0) is 12.3. The van der Waals surface area contributed by atoms with Crippen molar-refractivity contribution in [1.82, 2.24) is 9.88 Å². The van der Waals surface area contributed by atoms with Gasteiger partial charge in [0.2, 0.25) is 0 Å². The van der Waals surface area contributed by atoms with Crippen LogP contribution >= 0.6 is 0 Å². The Balaban J connectivity index is 2.47. The topological polar surface area (TPSA) is 39.2 Å². The van der Waals surface area contributed by atoms with Crippen LogP contribution in [0.4, 0.5) is 0 Å². The van der Waals surface area contributed by atoms with Crippen LogP contribution in [0.5, 0.6) is 5.75 Å². The number of pyridine rings is 1. The van der Waals surface area contributed by atoms with Crippen LogP contribution in [0.25, 0.3) is 10.9 Å². The predicted octanol–water partition coefficient (Wildman–Crippen LogP) is 2.15. The van der Waals surface area contributed by atoms with Gasteiger partial charge in [-0.1, -0.05) is 32.0 Å². The molecule has 17 heavy (non-hydrogen) atoms. The fraction of sp³-hybridized carbons (Fsp3) is 0.357. The Morgan fingerprint density at radius 3 is 2.65 bits per heavy atom. The Hall–Kier alpha value is -1.61. The maximum absolute atomic E-state index is 11.9. The van der Waals surface area contributed by atoms with Gasteiger partial charge in [-0.05, 0) is 24.7 Å². The molecule has 2 rings (SSSR count). The summed E-state index contributed by atoms with van der Waals surface area (Å²) in [4.78, 5) is 6.56. The van der Waals surface area contributed by atoms with E-state index in [-0.39, 0.29) is 5.75 Å². The predicted molar refractivity (Wildman–Crippen MR) is 67.8 cm³/mol. The van der Waals surface area contributed by atoms with Crippen molar-refractivity contribution in [2.45, 2.75) is 20.4 Å². The van der Waals surface area contributed by atoms with Crippen molar-refractivity contribution in [3.63, 3.8) is 0 Å². The van der Waals surface area contributed by atoms with Crippen LogP contribution in [-0.4, -0.2) is 23.0 Å². The monoisotopic (exact) mass is 229 g/mol. The van der Waals surface area contributed by atoms with E-state index >= 15 is 0 Å². The van der Waals surface area contributed by atoms with Crippen molar-refractivity contribution < 1.29 is 5.11 Å². The van der Waals surface area contributed by atoms with Crippen molar-refractivity contribution in [3.05, 3.63) is 36.0 Å². The van der Waals surface area contributed by atoms with Crippen LogP contribution in [0.3, 0.4) is 0 Å². The SMILES string of the molecule is CCN(CC)Cc1c([O-])ccc2cccnc12. The molecule has 0 radical (unpaired) electrons. The van der Waals surface area contributed by atoms with Crippen molar-refractivity contribution in [1.29, 1.82) is 0 Å². The second kappa shape index (κ2) is 5.15. The van der Waals surface area contributed by atoms with Gasteiger partial charge in [0.25, 0.3) is 0 Å². The van der Waals surface area contributed by atoms with Gasteiger partial charge in [0, 0.05) is 18.1 Å². The maximum Gasteiger partial charge on any atom is 0.0740 e. The molecular formula is C14H17N2O-. The minimum Gasteiger partial charge on any atom is -0.872 e. The summed E-state index contributed by atoms with van der Waals surface area (Å²) >= 11 is 0. The minimum atomic E-state index is 0.0862. The van der Waals surface area contributed by atoms with Crippen LogP contribution < -0.4 is 5.11 Å². The smallest absolute Gasteiger partial charge is 0.0740 e. The first kappa shape index (κ1) is 11.9. The number of hydrogen-bond acceptors (Lipinski definition) is 3. The van der Waals surface area contributed by atoms with Gasteiger partial charge in [-0.3, -0.25) is 9.88 Å². The van der Waals surface area contributed by atoms with Crippen molar-refractivity contribution in [2.75, 3.05) is 13.1 Å². The molecular weight excluding hydrogens is 212 g/mol. The number of fused-ring (bicyclic) bond motifs is 1. The highest BCUT2D eigenvalue weighted by Gasteiger charge is 2.06. The Kier molecular flexibility index (Phi) is 3.59. The summed E-state index contributed by atoms with van der Waals surface area (Å²) in [5.74, 6) is 0.0862. The summed E-state index contributed by atoms with van der Waals surface area (Å²) in [7, 11) is 0. The lowest BCUT2D eigenvalue weighted by atomic mass is 10.1. The Labute approximate surface area is 102 Å². The molecule has 0 aliphatic heterocycles. The van der Waals surface area contributed by atoms with E-state index in [0.717, 1.165) is 29.6 Å². The van der Waals surface area contributed by atoms with Crippen LogP contribution in [0.15, 0.2) is 30.5 Å². The molecule has 1 aromatic carbocycles. The molecule has 2 aromatic rings. The van der Waals surface area contributed by atoms with Gasteiger partial charge in [-0.2, -0.15) is 0 Å².